The Hall–Kier alpha value is -2.76. The molecule has 0 bridgehead atoms. The van der Waals surface area contributed by atoms with E-state index in [2.05, 4.69) is 18.1 Å². The molecule has 1 unspecified atom stereocenters. The predicted octanol–water partition coefficient (Wildman–Crippen LogP) is 5.15. The van der Waals surface area contributed by atoms with Gasteiger partial charge in [-0.05, 0) is 54.8 Å². The Morgan fingerprint density at radius 3 is 2.17 bits per heavy atom. The van der Waals surface area contributed by atoms with Crippen molar-refractivity contribution >= 4 is 15.7 Å². The van der Waals surface area contributed by atoms with Gasteiger partial charge >= 0.3 is 0 Å². The Labute approximate surface area is 172 Å². The van der Waals surface area contributed by atoms with Crippen LogP contribution in [-0.2, 0) is 22.8 Å². The number of fused-ring (bicyclic) bond motifs is 1. The molecule has 29 heavy (non-hydrogen) atoms. The number of nitrogens with zero attached hydrogens (tertiary/aromatic N) is 2. The first kappa shape index (κ1) is 19.6. The molecule has 2 aromatic rings. The number of rotatable bonds is 7. The molecule has 1 atom stereocenters. The fourth-order valence-electron chi connectivity index (χ4n) is 3.68. The van der Waals surface area contributed by atoms with Gasteiger partial charge < -0.3 is 0 Å². The van der Waals surface area contributed by atoms with E-state index in [-0.39, 0.29) is 0 Å². The van der Waals surface area contributed by atoms with Crippen molar-refractivity contribution in [1.29, 1.82) is 0 Å². The molecule has 0 spiro atoms. The number of aryl methyl sites for hydroxylation is 1. The largest absolute Gasteiger partial charge is 0.237 e. The lowest BCUT2D eigenvalue weighted by molar-refractivity contribution is -0.743. The molecule has 0 saturated carbocycles. The first-order valence-electron chi connectivity index (χ1n) is 9.96. The second-order valence-corrected chi connectivity index (χ2v) is 9.42. The molecule has 5 heteroatoms. The van der Waals surface area contributed by atoms with Crippen molar-refractivity contribution in [3.8, 4) is 0 Å². The topological polar surface area (TPSA) is 46.5 Å². The lowest BCUT2D eigenvalue weighted by atomic mass is 10.1. The number of hydrogen-bond donors (Lipinski definition) is 0. The average molecular weight is 406 g/mol. The van der Waals surface area contributed by atoms with Crippen LogP contribution in [0.2, 0.25) is 0 Å². The normalized spacial score (nSPS) is 20.0. The molecule has 2 aromatic carbocycles. The SMILES string of the molecule is CCCCc1ccc(S(=O)(=O)c2ccc(C[N+]34C=CC=CC3=NC=C4)cc2)cc1. The molecule has 0 saturated heterocycles. The first-order chi connectivity index (χ1) is 14.0. The van der Waals surface area contributed by atoms with Crippen LogP contribution in [0.5, 0.6) is 0 Å². The van der Waals surface area contributed by atoms with Gasteiger partial charge in [0, 0.05) is 11.6 Å². The Morgan fingerprint density at radius 1 is 0.862 bits per heavy atom. The molecule has 2 aliphatic rings. The van der Waals surface area contributed by atoms with Crippen molar-refractivity contribution in [3.05, 3.63) is 96.5 Å². The van der Waals surface area contributed by atoms with Crippen molar-refractivity contribution in [2.75, 3.05) is 0 Å². The van der Waals surface area contributed by atoms with Gasteiger partial charge in [0.15, 0.2) is 0 Å². The van der Waals surface area contributed by atoms with E-state index in [0.717, 1.165) is 30.7 Å². The maximum absolute atomic E-state index is 13.0. The molecular formula is C24H25N2O2S+. The summed E-state index contributed by atoms with van der Waals surface area (Å²) in [5.41, 5.74) is 2.23. The number of sulfone groups is 1. The third-order valence-electron chi connectivity index (χ3n) is 5.41. The van der Waals surface area contributed by atoms with Crippen LogP contribution < -0.4 is 0 Å². The molecule has 2 heterocycles. The minimum Gasteiger partial charge on any atom is -0.219 e. The number of unbranched alkanes of at least 4 members (excludes halogenated alkanes) is 1. The molecule has 0 radical (unpaired) electrons. The molecule has 2 aliphatic heterocycles. The quantitative estimate of drug-likeness (QED) is 0.599. The van der Waals surface area contributed by atoms with E-state index < -0.39 is 9.84 Å². The van der Waals surface area contributed by atoms with Crippen molar-refractivity contribution in [2.45, 2.75) is 42.5 Å². The monoisotopic (exact) mass is 405 g/mol. The maximum atomic E-state index is 13.0. The summed E-state index contributed by atoms with van der Waals surface area (Å²) in [6.45, 7) is 2.85. The summed E-state index contributed by atoms with van der Waals surface area (Å²) in [5.74, 6) is 0.965. The highest BCUT2D eigenvalue weighted by Crippen LogP contribution is 2.27. The molecular weight excluding hydrogens is 380 g/mol. The van der Waals surface area contributed by atoms with E-state index in [1.807, 2.05) is 54.9 Å². The Kier molecular flexibility index (Phi) is 5.35. The van der Waals surface area contributed by atoms with E-state index in [9.17, 15) is 8.42 Å². The van der Waals surface area contributed by atoms with Gasteiger partial charge in [0.05, 0.1) is 16.0 Å². The van der Waals surface area contributed by atoms with Crippen molar-refractivity contribution in [3.63, 3.8) is 0 Å². The Morgan fingerprint density at radius 2 is 1.52 bits per heavy atom. The van der Waals surface area contributed by atoms with E-state index in [1.54, 1.807) is 24.3 Å². The minimum atomic E-state index is -3.51. The number of benzene rings is 2. The lowest BCUT2D eigenvalue weighted by Gasteiger charge is -2.28. The summed E-state index contributed by atoms with van der Waals surface area (Å²) in [5, 5.41) is 0. The second kappa shape index (κ2) is 7.93. The van der Waals surface area contributed by atoms with Crippen LogP contribution in [0.1, 0.15) is 30.9 Å². The van der Waals surface area contributed by atoms with Crippen LogP contribution >= 0.6 is 0 Å². The smallest absolute Gasteiger partial charge is 0.219 e. The summed E-state index contributed by atoms with van der Waals surface area (Å²) in [4.78, 5) is 5.09. The fraction of sp³-hybridized carbons (Fsp3) is 0.208. The van der Waals surface area contributed by atoms with Crippen molar-refractivity contribution in [2.24, 2.45) is 4.99 Å². The Balaban J connectivity index is 1.53. The van der Waals surface area contributed by atoms with E-state index in [4.69, 9.17) is 0 Å². The molecule has 0 aromatic heterocycles. The maximum Gasteiger partial charge on any atom is 0.237 e. The van der Waals surface area contributed by atoms with Gasteiger partial charge in [-0.15, -0.1) is 0 Å². The van der Waals surface area contributed by atoms with Gasteiger partial charge in [0.2, 0.25) is 15.7 Å². The highest BCUT2D eigenvalue weighted by atomic mass is 32.2. The van der Waals surface area contributed by atoms with Crippen LogP contribution in [0.4, 0.5) is 0 Å². The molecule has 148 valence electrons. The van der Waals surface area contributed by atoms with Crippen LogP contribution in [-0.4, -0.2) is 18.7 Å². The number of hydrogen-bond acceptors (Lipinski definition) is 3. The minimum absolute atomic E-state index is 0.322. The van der Waals surface area contributed by atoms with Gasteiger partial charge in [-0.25, -0.2) is 12.9 Å². The van der Waals surface area contributed by atoms with Gasteiger partial charge in [0.25, 0.3) is 0 Å². The number of allylic oxidation sites excluding steroid dienone is 2. The summed E-state index contributed by atoms with van der Waals surface area (Å²) in [6, 6.07) is 14.5. The molecule has 4 rings (SSSR count). The van der Waals surface area contributed by atoms with Crippen LogP contribution in [0.25, 0.3) is 0 Å². The van der Waals surface area contributed by atoms with Gasteiger partial charge in [-0.1, -0.05) is 37.6 Å². The second-order valence-electron chi connectivity index (χ2n) is 7.47. The van der Waals surface area contributed by atoms with Gasteiger partial charge in [0.1, 0.15) is 18.9 Å². The molecule has 4 nitrogen and oxygen atoms in total. The van der Waals surface area contributed by atoms with Gasteiger partial charge in [-0.2, -0.15) is 4.99 Å². The van der Waals surface area contributed by atoms with E-state index in [0.29, 0.717) is 20.8 Å². The van der Waals surface area contributed by atoms with Crippen molar-refractivity contribution in [1.82, 2.24) is 0 Å². The highest BCUT2D eigenvalue weighted by molar-refractivity contribution is 7.91. The average Bonchev–Trinajstić information content (AvgIpc) is 3.16. The summed E-state index contributed by atoms with van der Waals surface area (Å²) in [7, 11) is -3.51. The molecule has 0 amide bonds. The zero-order chi connectivity index (χ0) is 20.3. The third kappa shape index (κ3) is 3.88. The number of aliphatic imine (C=N–C) groups is 1. The Bertz CT molecular complexity index is 1110. The summed E-state index contributed by atoms with van der Waals surface area (Å²) < 4.78 is 26.5. The number of quaternary nitrogens is 1. The highest BCUT2D eigenvalue weighted by Gasteiger charge is 2.33. The van der Waals surface area contributed by atoms with Crippen molar-refractivity contribution < 1.29 is 12.9 Å². The van der Waals surface area contributed by atoms with E-state index >= 15 is 0 Å². The zero-order valence-electron chi connectivity index (χ0n) is 16.5. The molecule has 0 N–H and O–H groups in total. The van der Waals surface area contributed by atoms with Crippen LogP contribution in [0, 0.1) is 0 Å². The number of amidine groups is 1. The molecule has 0 fully saturated rings. The van der Waals surface area contributed by atoms with E-state index in [1.165, 1.54) is 5.56 Å². The predicted molar refractivity (Wildman–Crippen MR) is 116 cm³/mol. The summed E-state index contributed by atoms with van der Waals surface area (Å²) in [6.07, 6.45) is 15.2. The fourth-order valence-corrected chi connectivity index (χ4v) is 4.94. The summed E-state index contributed by atoms with van der Waals surface area (Å²) >= 11 is 0. The standard InChI is InChI=1S/C24H25N2O2S/c1-2-3-6-20-8-12-22(13-9-20)29(27,28)23-14-10-21(11-15-23)19-26-17-5-4-7-24(26)25-16-18-26/h4-5,7-18H,2-3,6,19H2,1H3/q+1. The third-order valence-corrected chi connectivity index (χ3v) is 7.19. The van der Waals surface area contributed by atoms with Crippen LogP contribution in [0.3, 0.4) is 0 Å². The lowest BCUT2D eigenvalue weighted by Crippen LogP contribution is -2.40. The zero-order valence-corrected chi connectivity index (χ0v) is 17.3. The first-order valence-corrected chi connectivity index (χ1v) is 11.4. The molecule has 0 aliphatic carbocycles. The van der Waals surface area contributed by atoms with Crippen LogP contribution in [0.15, 0.2) is 100 Å². The van der Waals surface area contributed by atoms with Gasteiger partial charge in [-0.3, -0.25) is 0 Å².